The summed E-state index contributed by atoms with van der Waals surface area (Å²) in [6.45, 7) is 1.68. The molecule has 1 aromatic heterocycles. The lowest BCUT2D eigenvalue weighted by Crippen LogP contribution is -2.39. The number of piperidine rings is 1. The molecule has 1 fully saturated rings. The molecule has 1 N–H and O–H groups in total. The van der Waals surface area contributed by atoms with Crippen molar-refractivity contribution in [3.63, 3.8) is 0 Å². The van der Waals surface area contributed by atoms with Gasteiger partial charge in [-0.3, -0.25) is 15.0 Å². The maximum Gasteiger partial charge on any atom is 0.311 e. The highest BCUT2D eigenvalue weighted by molar-refractivity contribution is 5.55. The summed E-state index contributed by atoms with van der Waals surface area (Å²) < 4.78 is 5.25. The monoisotopic (exact) mass is 356 g/mol. The normalized spacial score (nSPS) is 20.5. The van der Waals surface area contributed by atoms with Gasteiger partial charge in [-0.05, 0) is 56.1 Å². The first-order valence-electron chi connectivity index (χ1n) is 8.77. The van der Waals surface area contributed by atoms with Gasteiger partial charge in [-0.25, -0.2) is 4.98 Å². The number of benzene rings is 1. The number of anilines is 1. The Bertz CT molecular complexity index is 751. The summed E-state index contributed by atoms with van der Waals surface area (Å²) in [5, 5.41) is 14.4. The Labute approximate surface area is 153 Å². The van der Waals surface area contributed by atoms with Crippen LogP contribution in [0.5, 0.6) is 5.75 Å². The second kappa shape index (κ2) is 8.14. The molecule has 0 bridgehead atoms. The molecule has 1 saturated heterocycles. The standard InChI is InChI=1S/C19H24N4O3/c1-22-12-4-5-15(18(22)14-7-9-16(26-2)10-8-14)13-21-19-17(23(24)25)6-3-11-20-19/h3,6-11,15,18H,4-5,12-13H2,1-2H3,(H,20,21). The highest BCUT2D eigenvalue weighted by Crippen LogP contribution is 2.36. The number of nitrogens with one attached hydrogen (secondary N) is 1. The predicted molar refractivity (Wildman–Crippen MR) is 100 cm³/mol. The van der Waals surface area contributed by atoms with E-state index in [0.29, 0.717) is 18.3 Å². The number of pyridine rings is 1. The third-order valence-electron chi connectivity index (χ3n) is 4.98. The van der Waals surface area contributed by atoms with E-state index in [1.807, 2.05) is 12.1 Å². The number of ether oxygens (including phenoxy) is 1. The van der Waals surface area contributed by atoms with Crippen LogP contribution >= 0.6 is 0 Å². The van der Waals surface area contributed by atoms with E-state index >= 15 is 0 Å². The summed E-state index contributed by atoms with van der Waals surface area (Å²) in [6.07, 6.45) is 3.75. The van der Waals surface area contributed by atoms with Crippen LogP contribution < -0.4 is 10.1 Å². The van der Waals surface area contributed by atoms with Crippen LogP contribution in [0, 0.1) is 16.0 Å². The van der Waals surface area contributed by atoms with Crippen molar-refractivity contribution in [1.29, 1.82) is 0 Å². The fourth-order valence-electron chi connectivity index (χ4n) is 3.71. The quantitative estimate of drug-likeness (QED) is 0.630. The van der Waals surface area contributed by atoms with E-state index in [4.69, 9.17) is 4.74 Å². The Morgan fingerprint density at radius 2 is 2.12 bits per heavy atom. The predicted octanol–water partition coefficient (Wildman–Crippen LogP) is 3.49. The largest absolute Gasteiger partial charge is 0.497 e. The first-order chi connectivity index (χ1) is 12.6. The molecule has 0 saturated carbocycles. The highest BCUT2D eigenvalue weighted by atomic mass is 16.6. The minimum absolute atomic E-state index is 0.0117. The van der Waals surface area contributed by atoms with Gasteiger partial charge in [0.25, 0.3) is 0 Å². The smallest absolute Gasteiger partial charge is 0.311 e. The molecule has 7 heteroatoms. The van der Waals surface area contributed by atoms with Crippen LogP contribution in [0.1, 0.15) is 24.4 Å². The van der Waals surface area contributed by atoms with Crippen molar-refractivity contribution in [2.75, 3.05) is 32.6 Å². The van der Waals surface area contributed by atoms with Gasteiger partial charge >= 0.3 is 5.69 Å². The molecule has 2 aromatic rings. The second-order valence-electron chi connectivity index (χ2n) is 6.61. The molecule has 138 valence electrons. The number of nitrogens with zero attached hydrogens (tertiary/aromatic N) is 3. The maximum atomic E-state index is 11.2. The van der Waals surface area contributed by atoms with Gasteiger partial charge in [0.1, 0.15) is 5.75 Å². The molecule has 1 aliphatic heterocycles. The number of hydrogen-bond acceptors (Lipinski definition) is 6. The van der Waals surface area contributed by atoms with Crippen molar-refractivity contribution >= 4 is 11.5 Å². The minimum Gasteiger partial charge on any atom is -0.497 e. The molecule has 2 heterocycles. The molecule has 0 amide bonds. The van der Waals surface area contributed by atoms with E-state index in [2.05, 4.69) is 34.4 Å². The van der Waals surface area contributed by atoms with Crippen LogP contribution in [0.2, 0.25) is 0 Å². The Morgan fingerprint density at radius 3 is 2.81 bits per heavy atom. The van der Waals surface area contributed by atoms with Crippen LogP contribution in [0.3, 0.4) is 0 Å². The number of methoxy groups -OCH3 is 1. The summed E-state index contributed by atoms with van der Waals surface area (Å²) in [5.41, 5.74) is 1.24. The van der Waals surface area contributed by atoms with Crippen LogP contribution in [0.25, 0.3) is 0 Å². The van der Waals surface area contributed by atoms with Crippen LogP contribution in [0.15, 0.2) is 42.6 Å². The Balaban J connectivity index is 1.77. The second-order valence-corrected chi connectivity index (χ2v) is 6.61. The summed E-state index contributed by atoms with van der Waals surface area (Å²) >= 11 is 0. The van der Waals surface area contributed by atoms with E-state index in [-0.39, 0.29) is 11.7 Å². The van der Waals surface area contributed by atoms with Crippen molar-refractivity contribution in [2.24, 2.45) is 5.92 Å². The average Bonchev–Trinajstić information content (AvgIpc) is 2.66. The van der Waals surface area contributed by atoms with Gasteiger partial charge in [-0.1, -0.05) is 12.1 Å². The van der Waals surface area contributed by atoms with E-state index in [9.17, 15) is 10.1 Å². The van der Waals surface area contributed by atoms with Gasteiger partial charge in [-0.15, -0.1) is 0 Å². The van der Waals surface area contributed by atoms with Gasteiger partial charge in [0.2, 0.25) is 5.82 Å². The summed E-state index contributed by atoms with van der Waals surface area (Å²) in [6, 6.07) is 11.5. The maximum absolute atomic E-state index is 11.2. The van der Waals surface area contributed by atoms with Gasteiger partial charge in [0, 0.05) is 24.8 Å². The first-order valence-corrected chi connectivity index (χ1v) is 8.77. The van der Waals surface area contributed by atoms with Gasteiger partial charge in [-0.2, -0.15) is 0 Å². The topological polar surface area (TPSA) is 80.5 Å². The molecule has 7 nitrogen and oxygen atoms in total. The number of nitro groups is 1. The van der Waals surface area contributed by atoms with E-state index < -0.39 is 4.92 Å². The first kappa shape index (κ1) is 18.1. The fraction of sp³-hybridized carbons (Fsp3) is 0.421. The number of hydrogen-bond donors (Lipinski definition) is 1. The van der Waals surface area contributed by atoms with Crippen molar-refractivity contribution < 1.29 is 9.66 Å². The van der Waals surface area contributed by atoms with Crippen LogP contribution in [-0.4, -0.2) is 42.1 Å². The van der Waals surface area contributed by atoms with Gasteiger partial charge in [0.15, 0.2) is 0 Å². The lowest BCUT2D eigenvalue weighted by Gasteiger charge is -2.39. The molecule has 0 spiro atoms. The van der Waals surface area contributed by atoms with Crippen molar-refractivity contribution in [3.8, 4) is 5.75 Å². The molecule has 2 unspecified atom stereocenters. The zero-order valence-corrected chi connectivity index (χ0v) is 15.1. The van der Waals surface area contributed by atoms with Gasteiger partial charge in [0.05, 0.1) is 12.0 Å². The molecule has 1 aliphatic rings. The van der Waals surface area contributed by atoms with Crippen molar-refractivity contribution in [1.82, 2.24) is 9.88 Å². The summed E-state index contributed by atoms with van der Waals surface area (Å²) in [7, 11) is 3.79. The molecule has 1 aromatic carbocycles. The lowest BCUT2D eigenvalue weighted by molar-refractivity contribution is -0.384. The molecule has 26 heavy (non-hydrogen) atoms. The molecular weight excluding hydrogens is 332 g/mol. The number of aromatic nitrogens is 1. The van der Waals surface area contributed by atoms with E-state index in [0.717, 1.165) is 25.1 Å². The van der Waals surface area contributed by atoms with Crippen LogP contribution in [-0.2, 0) is 0 Å². The molecule has 2 atom stereocenters. The number of rotatable bonds is 6. The lowest BCUT2D eigenvalue weighted by atomic mass is 9.85. The zero-order valence-electron chi connectivity index (χ0n) is 15.1. The summed E-state index contributed by atoms with van der Waals surface area (Å²) in [4.78, 5) is 17.3. The fourth-order valence-corrected chi connectivity index (χ4v) is 3.71. The Hall–Kier alpha value is -2.67. The van der Waals surface area contributed by atoms with E-state index in [1.54, 1.807) is 19.4 Å². The Kier molecular flexibility index (Phi) is 5.68. The van der Waals surface area contributed by atoms with Crippen LogP contribution in [0.4, 0.5) is 11.5 Å². The minimum atomic E-state index is -0.400. The number of likely N-dealkylation sites (tertiary alicyclic amines) is 1. The average molecular weight is 356 g/mol. The molecule has 3 rings (SSSR count). The molecular formula is C19H24N4O3. The Morgan fingerprint density at radius 1 is 1.35 bits per heavy atom. The molecule has 0 aliphatic carbocycles. The highest BCUT2D eigenvalue weighted by Gasteiger charge is 2.31. The SMILES string of the molecule is COc1ccc(C2C(CNc3ncccc3[N+](=O)[O-])CCCN2C)cc1. The van der Waals surface area contributed by atoms with Gasteiger partial charge < -0.3 is 10.1 Å². The molecule has 0 radical (unpaired) electrons. The van der Waals surface area contributed by atoms with E-state index in [1.165, 1.54) is 11.6 Å². The third kappa shape index (κ3) is 3.94. The van der Waals surface area contributed by atoms with Crippen molar-refractivity contribution in [3.05, 3.63) is 58.3 Å². The zero-order chi connectivity index (χ0) is 18.5. The summed E-state index contributed by atoms with van der Waals surface area (Å²) in [5.74, 6) is 1.51. The third-order valence-corrected chi connectivity index (χ3v) is 4.98. The van der Waals surface area contributed by atoms with Crippen molar-refractivity contribution in [2.45, 2.75) is 18.9 Å².